The first kappa shape index (κ1) is 29.8. The van der Waals surface area contributed by atoms with Gasteiger partial charge in [-0.05, 0) is 96.9 Å². The number of amides is 1. The summed E-state index contributed by atoms with van der Waals surface area (Å²) in [5.74, 6) is -0.417. The van der Waals surface area contributed by atoms with Gasteiger partial charge < -0.3 is 15.2 Å². The van der Waals surface area contributed by atoms with Crippen LogP contribution in [-0.2, 0) is 4.79 Å². The molecule has 1 atom stereocenters. The molecule has 0 saturated heterocycles. The van der Waals surface area contributed by atoms with Crippen LogP contribution >= 0.6 is 11.8 Å². The van der Waals surface area contributed by atoms with Crippen molar-refractivity contribution in [2.45, 2.75) is 51.0 Å². The SMILES string of the molecule is CSCCC(NC(=O)c1ccc(C=C2CCC(c3ccccc3)CC2)cc1-c1ccccc1C)C(=O)[O-].[Li+]. The van der Waals surface area contributed by atoms with Crippen LogP contribution in [0.3, 0.4) is 0 Å². The number of benzene rings is 3. The summed E-state index contributed by atoms with van der Waals surface area (Å²) in [6.07, 6.45) is 8.89. The van der Waals surface area contributed by atoms with E-state index in [1.807, 2.05) is 49.6 Å². The van der Waals surface area contributed by atoms with Gasteiger partial charge >= 0.3 is 18.9 Å². The minimum Gasteiger partial charge on any atom is -0.548 e. The zero-order valence-corrected chi connectivity index (χ0v) is 23.4. The summed E-state index contributed by atoms with van der Waals surface area (Å²) in [5, 5.41) is 14.3. The standard InChI is InChI=1S/C32H35NO3S.Li/c1-22-8-6-7-11-27(22)29-21-24(14-17-28(29)31(34)33-30(32(35)36)18-19-37-2)20-23-12-15-26(16-13-23)25-9-4-3-5-10-25;/h3-11,14,17,20-21,26,30H,12-13,15-16,18-19H2,1-2H3,(H,33,34)(H,35,36);/q;+1/p-1. The van der Waals surface area contributed by atoms with Crippen molar-refractivity contribution in [3.05, 3.63) is 101 Å². The fourth-order valence-corrected chi connectivity index (χ4v) is 5.57. The Kier molecular flexibility index (Phi) is 11.3. The Morgan fingerprint density at radius 2 is 1.68 bits per heavy atom. The molecule has 1 unspecified atom stereocenters. The molecule has 4 nitrogen and oxygen atoms in total. The minimum atomic E-state index is -1.26. The smallest absolute Gasteiger partial charge is 0.548 e. The van der Waals surface area contributed by atoms with Crippen molar-refractivity contribution in [3.63, 3.8) is 0 Å². The average molecular weight is 520 g/mol. The van der Waals surface area contributed by atoms with Crippen LogP contribution < -0.4 is 29.3 Å². The summed E-state index contributed by atoms with van der Waals surface area (Å²) < 4.78 is 0. The average Bonchev–Trinajstić information content (AvgIpc) is 2.92. The third kappa shape index (κ3) is 7.66. The van der Waals surface area contributed by atoms with Gasteiger partial charge in [-0.3, -0.25) is 4.79 Å². The first-order valence-corrected chi connectivity index (χ1v) is 14.3. The van der Waals surface area contributed by atoms with Gasteiger partial charge in [0.05, 0.1) is 12.0 Å². The van der Waals surface area contributed by atoms with Crippen LogP contribution in [0.1, 0.15) is 65.1 Å². The van der Waals surface area contributed by atoms with Crippen molar-refractivity contribution >= 4 is 29.7 Å². The summed E-state index contributed by atoms with van der Waals surface area (Å²) in [6.45, 7) is 2.02. The van der Waals surface area contributed by atoms with E-state index in [-0.39, 0.29) is 18.9 Å². The summed E-state index contributed by atoms with van der Waals surface area (Å²) in [4.78, 5) is 24.9. The molecule has 3 aromatic carbocycles. The van der Waals surface area contributed by atoms with Crippen molar-refractivity contribution < 1.29 is 33.6 Å². The van der Waals surface area contributed by atoms with E-state index < -0.39 is 17.9 Å². The van der Waals surface area contributed by atoms with Gasteiger partial charge in [0.25, 0.3) is 5.91 Å². The number of nitrogens with one attached hydrogen (secondary N) is 1. The van der Waals surface area contributed by atoms with Crippen LogP contribution in [0.15, 0.2) is 78.4 Å². The van der Waals surface area contributed by atoms with E-state index in [1.54, 1.807) is 11.8 Å². The van der Waals surface area contributed by atoms with Crippen LogP contribution in [0, 0.1) is 6.92 Å². The Hall–Kier alpha value is -2.71. The van der Waals surface area contributed by atoms with Crippen LogP contribution in [0.25, 0.3) is 17.2 Å². The van der Waals surface area contributed by atoms with Crippen LogP contribution in [0.2, 0.25) is 0 Å². The normalized spacial score (nSPS) is 15.7. The van der Waals surface area contributed by atoms with Crippen LogP contribution in [-0.4, -0.2) is 29.9 Å². The van der Waals surface area contributed by atoms with Crippen molar-refractivity contribution in [2.75, 3.05) is 12.0 Å². The summed E-state index contributed by atoms with van der Waals surface area (Å²) >= 11 is 1.54. The molecule has 0 spiro atoms. The molecular formula is C32H34LiNO3S. The Balaban J connectivity index is 0.00000400. The number of carbonyl (C=O) groups excluding carboxylic acids is 2. The molecule has 3 aromatic rings. The Labute approximate surface area is 242 Å². The molecule has 1 aliphatic carbocycles. The third-order valence-electron chi connectivity index (χ3n) is 7.19. The summed E-state index contributed by atoms with van der Waals surface area (Å²) in [7, 11) is 0. The number of aryl methyl sites for hydroxylation is 1. The number of allylic oxidation sites excluding steroid dienone is 1. The summed E-state index contributed by atoms with van der Waals surface area (Å²) in [5.41, 5.74) is 7.21. The minimum absolute atomic E-state index is 0. The molecule has 0 aromatic heterocycles. The fourth-order valence-electron chi connectivity index (χ4n) is 5.10. The monoisotopic (exact) mass is 519 g/mol. The number of thioether (sulfide) groups is 1. The van der Waals surface area contributed by atoms with Gasteiger partial charge in [-0.25, -0.2) is 0 Å². The Morgan fingerprint density at radius 1 is 1.00 bits per heavy atom. The maximum atomic E-state index is 13.3. The van der Waals surface area contributed by atoms with Gasteiger partial charge in [0.15, 0.2) is 0 Å². The molecule has 4 rings (SSSR count). The zero-order valence-electron chi connectivity index (χ0n) is 22.5. The molecule has 0 radical (unpaired) electrons. The second kappa shape index (κ2) is 14.4. The molecule has 0 bridgehead atoms. The zero-order chi connectivity index (χ0) is 26.2. The van der Waals surface area contributed by atoms with Crippen molar-refractivity contribution in [1.82, 2.24) is 5.32 Å². The van der Waals surface area contributed by atoms with Crippen LogP contribution in [0.5, 0.6) is 0 Å². The summed E-state index contributed by atoms with van der Waals surface area (Å²) in [6, 6.07) is 23.5. The Morgan fingerprint density at radius 3 is 2.34 bits per heavy atom. The predicted molar refractivity (Wildman–Crippen MR) is 152 cm³/mol. The van der Waals surface area contributed by atoms with Gasteiger partial charge in [-0.15, -0.1) is 0 Å². The number of aliphatic carboxylic acids is 1. The molecule has 192 valence electrons. The number of hydrogen-bond donors (Lipinski definition) is 1. The second-order valence-electron chi connectivity index (χ2n) is 9.73. The maximum Gasteiger partial charge on any atom is 1.00 e. The van der Waals surface area contributed by atoms with E-state index >= 15 is 0 Å². The molecule has 1 fully saturated rings. The number of carboxylic acid groups (broad SMARTS) is 1. The second-order valence-corrected chi connectivity index (χ2v) is 10.7. The van der Waals surface area contributed by atoms with Gasteiger partial charge in [-0.2, -0.15) is 11.8 Å². The quantitative estimate of drug-likeness (QED) is 0.442. The van der Waals surface area contributed by atoms with Gasteiger partial charge in [0.2, 0.25) is 0 Å². The molecule has 0 aliphatic heterocycles. The number of rotatable bonds is 9. The predicted octanol–water partition coefficient (Wildman–Crippen LogP) is 3.01. The number of hydrogen-bond acceptors (Lipinski definition) is 4. The van der Waals surface area contributed by atoms with Crippen molar-refractivity contribution in [2.24, 2.45) is 0 Å². The largest absolute Gasteiger partial charge is 1.00 e. The molecule has 1 N–H and O–H groups in total. The van der Waals surface area contributed by atoms with E-state index in [1.165, 1.54) is 11.1 Å². The van der Waals surface area contributed by atoms with Crippen molar-refractivity contribution in [3.8, 4) is 11.1 Å². The third-order valence-corrected chi connectivity index (χ3v) is 7.84. The molecule has 0 heterocycles. The van der Waals surface area contributed by atoms with E-state index in [0.717, 1.165) is 47.9 Å². The number of carboxylic acids is 1. The van der Waals surface area contributed by atoms with Crippen LogP contribution in [0.4, 0.5) is 0 Å². The number of carbonyl (C=O) groups is 2. The van der Waals surface area contributed by atoms with Gasteiger partial charge in [-0.1, -0.05) is 72.3 Å². The molecule has 1 amide bonds. The molecule has 6 heteroatoms. The first-order valence-electron chi connectivity index (χ1n) is 12.9. The molecule has 38 heavy (non-hydrogen) atoms. The van der Waals surface area contributed by atoms with Gasteiger partial charge in [0, 0.05) is 5.56 Å². The first-order chi connectivity index (χ1) is 18.0. The van der Waals surface area contributed by atoms with E-state index in [2.05, 4.69) is 47.8 Å². The van der Waals surface area contributed by atoms with E-state index in [0.29, 0.717) is 23.7 Å². The maximum absolute atomic E-state index is 13.3. The molecular weight excluding hydrogens is 485 g/mol. The Bertz CT molecular complexity index is 1260. The van der Waals surface area contributed by atoms with E-state index in [4.69, 9.17) is 0 Å². The van der Waals surface area contributed by atoms with Gasteiger partial charge in [0.1, 0.15) is 0 Å². The van der Waals surface area contributed by atoms with Crippen molar-refractivity contribution in [1.29, 1.82) is 0 Å². The fraction of sp³-hybridized carbons (Fsp3) is 0.312. The topological polar surface area (TPSA) is 69.2 Å². The van der Waals surface area contributed by atoms with E-state index in [9.17, 15) is 14.7 Å². The molecule has 1 saturated carbocycles. The molecule has 1 aliphatic rings.